The Kier molecular flexibility index (Phi) is 3.55. The normalized spacial score (nSPS) is 11.5. The van der Waals surface area contributed by atoms with Gasteiger partial charge in [0.15, 0.2) is 6.04 Å². The first-order chi connectivity index (χ1) is 8.70. The average Bonchev–Trinajstić information content (AvgIpc) is 2.89. The van der Waals surface area contributed by atoms with Crippen molar-refractivity contribution in [2.24, 2.45) is 0 Å². The molecule has 2 aromatic rings. The third-order valence-corrected chi connectivity index (χ3v) is 3.17. The zero-order chi connectivity index (χ0) is 13.0. The number of nitriles is 1. The SMILES string of the molecule is N#Cc1cccc(NC(C(=O)O)c2cccs2)n1. The van der Waals surface area contributed by atoms with Crippen LogP contribution in [0.1, 0.15) is 16.6 Å². The number of thiophene rings is 1. The molecule has 0 amide bonds. The molecule has 0 bridgehead atoms. The average molecular weight is 259 g/mol. The Morgan fingerprint density at radius 2 is 2.28 bits per heavy atom. The number of aromatic nitrogens is 1. The summed E-state index contributed by atoms with van der Waals surface area (Å²) in [4.78, 5) is 15.9. The van der Waals surface area contributed by atoms with E-state index >= 15 is 0 Å². The first-order valence-electron chi connectivity index (χ1n) is 5.10. The second kappa shape index (κ2) is 5.29. The number of hydrogen-bond donors (Lipinski definition) is 2. The topological polar surface area (TPSA) is 86.0 Å². The van der Waals surface area contributed by atoms with Crippen LogP contribution in [0.5, 0.6) is 0 Å². The van der Waals surface area contributed by atoms with E-state index in [1.807, 2.05) is 11.4 Å². The minimum atomic E-state index is -0.985. The largest absolute Gasteiger partial charge is 0.479 e. The van der Waals surface area contributed by atoms with Crippen LogP contribution in [0, 0.1) is 11.3 Å². The summed E-state index contributed by atoms with van der Waals surface area (Å²) in [7, 11) is 0. The van der Waals surface area contributed by atoms with Crippen LogP contribution in [0.2, 0.25) is 0 Å². The summed E-state index contributed by atoms with van der Waals surface area (Å²) < 4.78 is 0. The number of pyridine rings is 1. The minimum Gasteiger partial charge on any atom is -0.479 e. The van der Waals surface area contributed by atoms with Gasteiger partial charge in [0.25, 0.3) is 0 Å². The molecule has 0 aromatic carbocycles. The fraction of sp³-hybridized carbons (Fsp3) is 0.0833. The lowest BCUT2D eigenvalue weighted by Crippen LogP contribution is -2.20. The summed E-state index contributed by atoms with van der Waals surface area (Å²) in [5, 5.41) is 22.5. The molecule has 18 heavy (non-hydrogen) atoms. The molecule has 2 N–H and O–H groups in total. The highest BCUT2D eigenvalue weighted by Gasteiger charge is 2.20. The van der Waals surface area contributed by atoms with Crippen molar-refractivity contribution in [3.8, 4) is 6.07 Å². The number of nitrogens with one attached hydrogen (secondary N) is 1. The fourth-order valence-corrected chi connectivity index (χ4v) is 2.20. The number of hydrogen-bond acceptors (Lipinski definition) is 5. The van der Waals surface area contributed by atoms with Gasteiger partial charge in [0.05, 0.1) is 0 Å². The lowest BCUT2D eigenvalue weighted by molar-refractivity contribution is -0.138. The van der Waals surface area contributed by atoms with Crippen LogP contribution in [0.4, 0.5) is 5.82 Å². The molecular weight excluding hydrogens is 250 g/mol. The van der Waals surface area contributed by atoms with Gasteiger partial charge in [-0.3, -0.25) is 0 Å². The number of carboxylic acids is 1. The van der Waals surface area contributed by atoms with Crippen molar-refractivity contribution in [2.45, 2.75) is 6.04 Å². The highest BCUT2D eigenvalue weighted by Crippen LogP contribution is 2.23. The van der Waals surface area contributed by atoms with Gasteiger partial charge >= 0.3 is 5.97 Å². The maximum atomic E-state index is 11.2. The van der Waals surface area contributed by atoms with Crippen molar-refractivity contribution in [1.82, 2.24) is 4.98 Å². The molecule has 0 saturated heterocycles. The summed E-state index contributed by atoms with van der Waals surface area (Å²) in [6, 6.07) is 9.43. The highest BCUT2D eigenvalue weighted by molar-refractivity contribution is 7.10. The van der Waals surface area contributed by atoms with Crippen LogP contribution in [0.25, 0.3) is 0 Å². The molecular formula is C12H9N3O2S. The fourth-order valence-electron chi connectivity index (χ4n) is 1.44. The Balaban J connectivity index is 2.24. The first kappa shape index (κ1) is 12.1. The molecule has 0 saturated carbocycles. The third kappa shape index (κ3) is 2.64. The molecule has 2 aromatic heterocycles. The number of carbonyl (C=O) groups is 1. The lowest BCUT2D eigenvalue weighted by Gasteiger charge is -2.13. The van der Waals surface area contributed by atoms with Crippen LogP contribution in [-0.2, 0) is 4.79 Å². The second-order valence-corrected chi connectivity index (χ2v) is 4.43. The lowest BCUT2D eigenvalue weighted by atomic mass is 10.2. The predicted molar refractivity (Wildman–Crippen MR) is 67.3 cm³/mol. The van der Waals surface area contributed by atoms with E-state index < -0.39 is 12.0 Å². The van der Waals surface area contributed by atoms with E-state index in [4.69, 9.17) is 5.26 Å². The van der Waals surface area contributed by atoms with Crippen LogP contribution in [-0.4, -0.2) is 16.1 Å². The van der Waals surface area contributed by atoms with Crippen LogP contribution < -0.4 is 5.32 Å². The Labute approximate surface area is 107 Å². The van der Waals surface area contributed by atoms with Gasteiger partial charge in [-0.05, 0) is 23.6 Å². The molecule has 0 aliphatic heterocycles. The number of carboxylic acid groups (broad SMARTS) is 1. The number of anilines is 1. The Morgan fingerprint density at radius 1 is 1.44 bits per heavy atom. The van der Waals surface area contributed by atoms with Crippen molar-refractivity contribution in [2.75, 3.05) is 5.32 Å². The third-order valence-electron chi connectivity index (χ3n) is 2.23. The van der Waals surface area contributed by atoms with Crippen LogP contribution in [0.15, 0.2) is 35.7 Å². The molecule has 1 atom stereocenters. The van der Waals surface area contributed by atoms with E-state index in [0.717, 1.165) is 0 Å². The molecule has 0 aliphatic carbocycles. The van der Waals surface area contributed by atoms with E-state index in [1.54, 1.807) is 30.3 Å². The number of nitrogens with zero attached hydrogens (tertiary/aromatic N) is 2. The monoisotopic (exact) mass is 259 g/mol. The molecule has 0 aliphatic rings. The van der Waals surface area contributed by atoms with Crippen molar-refractivity contribution in [3.05, 3.63) is 46.3 Å². The maximum Gasteiger partial charge on any atom is 0.331 e. The van der Waals surface area contributed by atoms with Crippen molar-refractivity contribution in [1.29, 1.82) is 5.26 Å². The highest BCUT2D eigenvalue weighted by atomic mass is 32.1. The maximum absolute atomic E-state index is 11.2. The molecule has 90 valence electrons. The molecule has 0 fully saturated rings. The van der Waals surface area contributed by atoms with E-state index in [2.05, 4.69) is 10.3 Å². The number of aliphatic carboxylic acids is 1. The standard InChI is InChI=1S/C12H9N3O2S/c13-7-8-3-1-5-10(14-8)15-11(12(16)17)9-4-2-6-18-9/h1-6,11H,(H,14,15)(H,16,17). The summed E-state index contributed by atoms with van der Waals surface area (Å²) in [6.45, 7) is 0. The smallest absolute Gasteiger partial charge is 0.331 e. The molecule has 1 unspecified atom stereocenters. The quantitative estimate of drug-likeness (QED) is 0.879. The van der Waals surface area contributed by atoms with Crippen molar-refractivity contribution < 1.29 is 9.90 Å². The zero-order valence-corrected chi connectivity index (χ0v) is 10.0. The van der Waals surface area contributed by atoms with Crippen molar-refractivity contribution >= 4 is 23.1 Å². The summed E-state index contributed by atoms with van der Waals surface area (Å²) in [6.07, 6.45) is 0. The summed E-state index contributed by atoms with van der Waals surface area (Å²) in [5.74, 6) is -0.614. The van der Waals surface area contributed by atoms with Crippen LogP contribution in [0.3, 0.4) is 0 Å². The van der Waals surface area contributed by atoms with Crippen molar-refractivity contribution in [3.63, 3.8) is 0 Å². The molecule has 6 heteroatoms. The molecule has 0 spiro atoms. The van der Waals surface area contributed by atoms with Gasteiger partial charge in [-0.25, -0.2) is 9.78 Å². The number of rotatable bonds is 4. The molecule has 2 rings (SSSR count). The van der Waals surface area contributed by atoms with Gasteiger partial charge in [-0.1, -0.05) is 12.1 Å². The Morgan fingerprint density at radius 3 is 2.89 bits per heavy atom. The van der Waals surface area contributed by atoms with E-state index in [0.29, 0.717) is 10.7 Å². The van der Waals surface area contributed by atoms with E-state index in [-0.39, 0.29) is 5.69 Å². The molecule has 0 radical (unpaired) electrons. The van der Waals surface area contributed by atoms with E-state index in [9.17, 15) is 9.90 Å². The predicted octanol–water partition coefficient (Wildman–Crippen LogP) is 2.25. The van der Waals surface area contributed by atoms with Crippen LogP contribution >= 0.6 is 11.3 Å². The minimum absolute atomic E-state index is 0.246. The van der Waals surface area contributed by atoms with Gasteiger partial charge < -0.3 is 10.4 Å². The summed E-state index contributed by atoms with van der Waals surface area (Å²) >= 11 is 1.35. The van der Waals surface area contributed by atoms with Gasteiger partial charge in [0.2, 0.25) is 0 Å². The van der Waals surface area contributed by atoms with Gasteiger partial charge in [0.1, 0.15) is 17.6 Å². The van der Waals surface area contributed by atoms with Gasteiger partial charge in [-0.15, -0.1) is 11.3 Å². The van der Waals surface area contributed by atoms with Gasteiger partial charge in [0, 0.05) is 4.88 Å². The summed E-state index contributed by atoms with van der Waals surface area (Å²) in [5.41, 5.74) is 0.246. The first-order valence-corrected chi connectivity index (χ1v) is 5.98. The molecule has 2 heterocycles. The second-order valence-electron chi connectivity index (χ2n) is 3.45. The zero-order valence-electron chi connectivity index (χ0n) is 9.20. The van der Waals surface area contributed by atoms with Gasteiger partial charge in [-0.2, -0.15) is 5.26 Å². The molecule has 5 nitrogen and oxygen atoms in total. The van der Waals surface area contributed by atoms with E-state index in [1.165, 1.54) is 11.3 Å². The Hall–Kier alpha value is -2.39. The Bertz CT molecular complexity index is 590.